The molecule has 0 fully saturated rings. The molecule has 27 heavy (non-hydrogen) atoms. The van der Waals surface area contributed by atoms with Crippen LogP contribution in [0.2, 0.25) is 10.0 Å². The Bertz CT molecular complexity index is 1030. The Balaban J connectivity index is 1.97. The standard InChI is InChI=1S/C22H14Cl2FNO/c23-19-11-17(10-18(13-26)16-6-2-1-3-7-16)22(21(24)12-19)27-14-15-5-4-8-20(25)9-15/h1-12H,14H2/b18-10+. The molecule has 0 radical (unpaired) electrons. The van der Waals surface area contributed by atoms with Crippen LogP contribution in [-0.2, 0) is 6.61 Å². The van der Waals surface area contributed by atoms with E-state index in [-0.39, 0.29) is 12.4 Å². The van der Waals surface area contributed by atoms with Gasteiger partial charge in [0.15, 0.2) is 0 Å². The average Bonchev–Trinajstić information content (AvgIpc) is 2.66. The van der Waals surface area contributed by atoms with Gasteiger partial charge in [0.1, 0.15) is 18.2 Å². The molecule has 5 heteroatoms. The van der Waals surface area contributed by atoms with Gasteiger partial charge in [0.2, 0.25) is 0 Å². The summed E-state index contributed by atoms with van der Waals surface area (Å²) in [6.45, 7) is 0.132. The highest BCUT2D eigenvalue weighted by molar-refractivity contribution is 6.36. The maximum absolute atomic E-state index is 13.4. The maximum Gasteiger partial charge on any atom is 0.145 e. The minimum Gasteiger partial charge on any atom is -0.487 e. The van der Waals surface area contributed by atoms with Crippen molar-refractivity contribution in [2.45, 2.75) is 6.61 Å². The number of halogens is 3. The molecule has 2 nitrogen and oxygen atoms in total. The van der Waals surface area contributed by atoms with Gasteiger partial charge in [0.05, 0.1) is 16.7 Å². The number of ether oxygens (including phenoxy) is 1. The molecule has 0 spiro atoms. The van der Waals surface area contributed by atoms with Gasteiger partial charge in [-0.05, 0) is 41.5 Å². The number of nitriles is 1. The topological polar surface area (TPSA) is 33.0 Å². The third-order valence-corrected chi connectivity index (χ3v) is 4.31. The molecule has 0 aliphatic heterocycles. The lowest BCUT2D eigenvalue weighted by molar-refractivity contribution is 0.305. The molecule has 0 amide bonds. The lowest BCUT2D eigenvalue weighted by Crippen LogP contribution is -1.98. The van der Waals surface area contributed by atoms with Gasteiger partial charge in [-0.25, -0.2) is 4.39 Å². The van der Waals surface area contributed by atoms with Crippen LogP contribution in [0.1, 0.15) is 16.7 Å². The van der Waals surface area contributed by atoms with Crippen LogP contribution in [0.4, 0.5) is 4.39 Å². The van der Waals surface area contributed by atoms with E-state index in [1.54, 1.807) is 30.3 Å². The Kier molecular flexibility index (Phi) is 6.13. The summed E-state index contributed by atoms with van der Waals surface area (Å²) in [5.41, 5.74) is 2.46. The molecule has 0 N–H and O–H groups in total. The van der Waals surface area contributed by atoms with E-state index in [0.717, 1.165) is 5.56 Å². The molecule has 0 aliphatic rings. The van der Waals surface area contributed by atoms with E-state index in [1.165, 1.54) is 12.1 Å². The van der Waals surface area contributed by atoms with Crippen molar-refractivity contribution in [3.63, 3.8) is 0 Å². The van der Waals surface area contributed by atoms with Crippen molar-refractivity contribution < 1.29 is 9.13 Å². The summed E-state index contributed by atoms with van der Waals surface area (Å²) in [4.78, 5) is 0. The molecular formula is C22H14Cl2FNO. The number of nitrogens with zero attached hydrogens (tertiary/aromatic N) is 1. The molecule has 3 aromatic rings. The first kappa shape index (κ1) is 19.0. The average molecular weight is 398 g/mol. The molecule has 0 saturated carbocycles. The molecule has 134 valence electrons. The molecular weight excluding hydrogens is 384 g/mol. The van der Waals surface area contributed by atoms with Crippen molar-refractivity contribution in [2.75, 3.05) is 0 Å². The number of hydrogen-bond donors (Lipinski definition) is 0. The number of allylic oxidation sites excluding steroid dienone is 1. The van der Waals surface area contributed by atoms with Crippen LogP contribution in [0.25, 0.3) is 11.6 Å². The van der Waals surface area contributed by atoms with E-state index in [9.17, 15) is 9.65 Å². The van der Waals surface area contributed by atoms with Crippen molar-refractivity contribution >= 4 is 34.9 Å². The van der Waals surface area contributed by atoms with Gasteiger partial charge in [-0.15, -0.1) is 0 Å². The minimum absolute atomic E-state index is 0.132. The summed E-state index contributed by atoms with van der Waals surface area (Å²) in [6.07, 6.45) is 1.67. The van der Waals surface area contributed by atoms with E-state index >= 15 is 0 Å². The molecule has 0 heterocycles. The first-order chi connectivity index (χ1) is 13.1. The normalized spacial score (nSPS) is 11.1. The van der Waals surface area contributed by atoms with Crippen molar-refractivity contribution in [3.05, 3.63) is 99.3 Å². The fourth-order valence-electron chi connectivity index (χ4n) is 2.58. The zero-order valence-electron chi connectivity index (χ0n) is 14.1. The smallest absolute Gasteiger partial charge is 0.145 e. The van der Waals surface area contributed by atoms with E-state index < -0.39 is 0 Å². The van der Waals surface area contributed by atoms with Crippen LogP contribution in [-0.4, -0.2) is 0 Å². The first-order valence-electron chi connectivity index (χ1n) is 8.10. The van der Waals surface area contributed by atoms with Crippen LogP contribution < -0.4 is 4.74 Å². The van der Waals surface area contributed by atoms with Crippen molar-refractivity contribution in [2.24, 2.45) is 0 Å². The number of benzene rings is 3. The van der Waals surface area contributed by atoms with Gasteiger partial charge < -0.3 is 4.74 Å². The van der Waals surface area contributed by atoms with E-state index in [2.05, 4.69) is 6.07 Å². The molecule has 0 atom stereocenters. The van der Waals surface area contributed by atoms with Crippen LogP contribution in [0.5, 0.6) is 5.75 Å². The SMILES string of the molecule is N#C/C(=C\c1cc(Cl)cc(Cl)c1OCc1cccc(F)c1)c1ccccc1. The Labute approximate surface area is 167 Å². The number of hydrogen-bond acceptors (Lipinski definition) is 2. The van der Waals surface area contributed by atoms with Gasteiger partial charge >= 0.3 is 0 Å². The van der Waals surface area contributed by atoms with Crippen LogP contribution >= 0.6 is 23.2 Å². The summed E-state index contributed by atoms with van der Waals surface area (Å²) >= 11 is 12.4. The van der Waals surface area contributed by atoms with E-state index in [0.29, 0.717) is 32.5 Å². The Morgan fingerprint density at radius 1 is 1.04 bits per heavy atom. The van der Waals surface area contributed by atoms with E-state index in [1.807, 2.05) is 30.3 Å². The molecule has 3 rings (SSSR count). The Morgan fingerprint density at radius 2 is 1.81 bits per heavy atom. The predicted octanol–water partition coefficient (Wildman–Crippen LogP) is 6.78. The maximum atomic E-state index is 13.4. The quantitative estimate of drug-likeness (QED) is 0.351. The lowest BCUT2D eigenvalue weighted by atomic mass is 10.0. The Hall–Kier alpha value is -2.80. The molecule has 0 aliphatic carbocycles. The van der Waals surface area contributed by atoms with Crippen LogP contribution in [0, 0.1) is 17.1 Å². The van der Waals surface area contributed by atoms with Gasteiger partial charge in [0, 0.05) is 10.6 Å². The molecule has 3 aromatic carbocycles. The second-order valence-corrected chi connectivity index (χ2v) is 6.60. The van der Waals surface area contributed by atoms with Gasteiger partial charge in [-0.1, -0.05) is 65.7 Å². The Morgan fingerprint density at radius 3 is 2.52 bits per heavy atom. The van der Waals surface area contributed by atoms with Crippen molar-refractivity contribution in [3.8, 4) is 11.8 Å². The largest absolute Gasteiger partial charge is 0.487 e. The molecule has 0 saturated heterocycles. The third-order valence-electron chi connectivity index (χ3n) is 3.81. The summed E-state index contributed by atoms with van der Waals surface area (Å²) in [5.74, 6) is 0.0447. The second kappa shape index (κ2) is 8.73. The van der Waals surface area contributed by atoms with Gasteiger partial charge in [0.25, 0.3) is 0 Å². The monoisotopic (exact) mass is 397 g/mol. The second-order valence-electron chi connectivity index (χ2n) is 5.76. The molecule has 0 unspecified atom stereocenters. The van der Waals surface area contributed by atoms with Gasteiger partial charge in [-0.3, -0.25) is 0 Å². The van der Waals surface area contributed by atoms with E-state index in [4.69, 9.17) is 27.9 Å². The fraction of sp³-hybridized carbons (Fsp3) is 0.0455. The first-order valence-corrected chi connectivity index (χ1v) is 8.86. The van der Waals surface area contributed by atoms with Crippen LogP contribution in [0.15, 0.2) is 66.7 Å². The van der Waals surface area contributed by atoms with Crippen LogP contribution in [0.3, 0.4) is 0 Å². The summed E-state index contributed by atoms with van der Waals surface area (Å²) in [5, 5.41) is 10.3. The summed E-state index contributed by atoms with van der Waals surface area (Å²) < 4.78 is 19.2. The molecule has 0 aromatic heterocycles. The summed E-state index contributed by atoms with van der Waals surface area (Å²) in [7, 11) is 0. The van der Waals surface area contributed by atoms with Gasteiger partial charge in [-0.2, -0.15) is 5.26 Å². The fourth-order valence-corrected chi connectivity index (χ4v) is 3.14. The van der Waals surface area contributed by atoms with Crippen molar-refractivity contribution in [1.82, 2.24) is 0 Å². The zero-order valence-corrected chi connectivity index (χ0v) is 15.6. The van der Waals surface area contributed by atoms with Crippen molar-refractivity contribution in [1.29, 1.82) is 5.26 Å². The highest BCUT2D eigenvalue weighted by atomic mass is 35.5. The summed E-state index contributed by atoms with van der Waals surface area (Å²) in [6, 6.07) is 20.8. The third kappa shape index (κ3) is 4.89. The zero-order chi connectivity index (χ0) is 19.2. The predicted molar refractivity (Wildman–Crippen MR) is 107 cm³/mol. The minimum atomic E-state index is -0.339. The molecule has 0 bridgehead atoms. The highest BCUT2D eigenvalue weighted by Gasteiger charge is 2.12. The lowest BCUT2D eigenvalue weighted by Gasteiger charge is -2.13. The number of rotatable bonds is 5. The highest BCUT2D eigenvalue weighted by Crippen LogP contribution is 2.35.